The van der Waals surface area contributed by atoms with Crippen LogP contribution in [0.5, 0.6) is 0 Å². The molecule has 2 nitrogen and oxygen atoms in total. The molecule has 0 saturated carbocycles. The molecule has 1 aliphatic heterocycles. The lowest BCUT2D eigenvalue weighted by molar-refractivity contribution is 0.170. The van der Waals surface area contributed by atoms with Crippen molar-refractivity contribution >= 4 is 0 Å². The number of hydrogen-bond donors (Lipinski definition) is 1. The molecule has 0 aromatic rings. The monoisotopic (exact) mass is 254 g/mol. The van der Waals surface area contributed by atoms with Gasteiger partial charge >= 0.3 is 0 Å². The first-order chi connectivity index (χ1) is 8.88. The fraction of sp³-hybridized carbons (Fsp3) is 1.00. The van der Waals surface area contributed by atoms with Gasteiger partial charge in [0.1, 0.15) is 0 Å². The first-order valence-electron chi connectivity index (χ1n) is 8.33. The number of rotatable bonds is 10. The highest BCUT2D eigenvalue weighted by molar-refractivity contribution is 4.77. The van der Waals surface area contributed by atoms with Crippen LogP contribution in [0.4, 0.5) is 0 Å². The summed E-state index contributed by atoms with van der Waals surface area (Å²) in [6, 6.07) is 0.809. The Balaban J connectivity index is 2.00. The van der Waals surface area contributed by atoms with E-state index < -0.39 is 0 Å². The molecule has 0 bridgehead atoms. The third-order valence-electron chi connectivity index (χ3n) is 4.24. The van der Waals surface area contributed by atoms with Crippen molar-refractivity contribution in [3.8, 4) is 0 Å². The number of likely N-dealkylation sites (N-methyl/N-ethyl adjacent to an activating group) is 1. The van der Waals surface area contributed by atoms with E-state index in [4.69, 9.17) is 0 Å². The van der Waals surface area contributed by atoms with Crippen molar-refractivity contribution in [3.63, 3.8) is 0 Å². The van der Waals surface area contributed by atoms with E-state index in [0.29, 0.717) is 0 Å². The zero-order chi connectivity index (χ0) is 13.1. The Bertz CT molecular complexity index is 176. The van der Waals surface area contributed by atoms with Gasteiger partial charge in [0, 0.05) is 12.6 Å². The lowest BCUT2D eigenvalue weighted by atomic mass is 10.0. The number of nitrogens with zero attached hydrogens (tertiary/aromatic N) is 1. The van der Waals surface area contributed by atoms with Gasteiger partial charge in [-0.05, 0) is 38.9 Å². The molecule has 0 aromatic carbocycles. The van der Waals surface area contributed by atoms with Crippen LogP contribution in [0.25, 0.3) is 0 Å². The fourth-order valence-electron chi connectivity index (χ4n) is 3.02. The Hall–Kier alpha value is -0.0800. The Morgan fingerprint density at radius 2 is 1.72 bits per heavy atom. The van der Waals surface area contributed by atoms with Gasteiger partial charge in [-0.3, -0.25) is 4.90 Å². The quantitative estimate of drug-likeness (QED) is 0.596. The number of nitrogens with one attached hydrogen (secondary N) is 1. The van der Waals surface area contributed by atoms with Crippen LogP contribution in [0.3, 0.4) is 0 Å². The predicted octanol–water partition coefficient (Wildman–Crippen LogP) is 3.81. The summed E-state index contributed by atoms with van der Waals surface area (Å²) in [6.45, 7) is 9.59. The van der Waals surface area contributed by atoms with Crippen molar-refractivity contribution in [2.24, 2.45) is 0 Å². The second-order valence-corrected chi connectivity index (χ2v) is 5.75. The molecular weight excluding hydrogens is 220 g/mol. The van der Waals surface area contributed by atoms with Crippen LogP contribution < -0.4 is 5.32 Å². The molecule has 1 aliphatic rings. The summed E-state index contributed by atoms with van der Waals surface area (Å²) in [5.41, 5.74) is 0. The second kappa shape index (κ2) is 10.8. The van der Waals surface area contributed by atoms with Crippen molar-refractivity contribution in [1.29, 1.82) is 0 Å². The summed E-state index contributed by atoms with van der Waals surface area (Å²) in [6.07, 6.45) is 12.7. The van der Waals surface area contributed by atoms with E-state index in [1.807, 2.05) is 0 Å². The van der Waals surface area contributed by atoms with Crippen molar-refractivity contribution in [2.75, 3.05) is 26.2 Å². The first kappa shape index (κ1) is 16.0. The average Bonchev–Trinajstić information content (AvgIpc) is 2.43. The highest BCUT2D eigenvalue weighted by Gasteiger charge is 2.18. The molecule has 0 amide bonds. The number of hydrogen-bond acceptors (Lipinski definition) is 2. The molecule has 1 saturated heterocycles. The molecule has 0 aliphatic carbocycles. The van der Waals surface area contributed by atoms with E-state index >= 15 is 0 Å². The topological polar surface area (TPSA) is 15.3 Å². The van der Waals surface area contributed by atoms with Crippen molar-refractivity contribution in [3.05, 3.63) is 0 Å². The predicted molar refractivity (Wildman–Crippen MR) is 81.1 cm³/mol. The molecule has 108 valence electrons. The van der Waals surface area contributed by atoms with E-state index in [9.17, 15) is 0 Å². The zero-order valence-corrected chi connectivity index (χ0v) is 12.7. The molecule has 1 fully saturated rings. The van der Waals surface area contributed by atoms with Gasteiger partial charge in [0.2, 0.25) is 0 Å². The maximum atomic E-state index is 3.53. The molecule has 0 aromatic heterocycles. The Morgan fingerprint density at radius 1 is 1.00 bits per heavy atom. The standard InChI is InChI=1S/C16H34N2/c1-3-5-6-7-8-9-10-14-18(4-2)16-12-11-13-17-15-16/h16-17H,3-15H2,1-2H3. The molecule has 1 atom stereocenters. The van der Waals surface area contributed by atoms with Gasteiger partial charge in [0.25, 0.3) is 0 Å². The highest BCUT2D eigenvalue weighted by Crippen LogP contribution is 2.12. The summed E-state index contributed by atoms with van der Waals surface area (Å²) in [5, 5.41) is 3.53. The largest absolute Gasteiger partial charge is 0.315 e. The maximum Gasteiger partial charge on any atom is 0.0220 e. The molecular formula is C16H34N2. The van der Waals surface area contributed by atoms with Crippen molar-refractivity contribution in [1.82, 2.24) is 10.2 Å². The van der Waals surface area contributed by atoms with Crippen LogP contribution in [-0.4, -0.2) is 37.1 Å². The second-order valence-electron chi connectivity index (χ2n) is 5.75. The normalized spacial score (nSPS) is 20.5. The minimum atomic E-state index is 0.809. The molecule has 2 heteroatoms. The van der Waals surface area contributed by atoms with Crippen LogP contribution in [-0.2, 0) is 0 Å². The highest BCUT2D eigenvalue weighted by atomic mass is 15.2. The molecule has 0 spiro atoms. The maximum absolute atomic E-state index is 3.53. The number of unbranched alkanes of at least 4 members (excludes halogenated alkanes) is 6. The Kier molecular flexibility index (Phi) is 9.59. The summed E-state index contributed by atoms with van der Waals surface area (Å²) < 4.78 is 0. The van der Waals surface area contributed by atoms with Crippen molar-refractivity contribution in [2.45, 2.75) is 77.7 Å². The minimum Gasteiger partial charge on any atom is -0.315 e. The average molecular weight is 254 g/mol. The Labute approximate surface area is 115 Å². The van der Waals surface area contributed by atoms with Gasteiger partial charge in [-0.25, -0.2) is 0 Å². The van der Waals surface area contributed by atoms with Gasteiger partial charge in [-0.1, -0.05) is 52.4 Å². The van der Waals surface area contributed by atoms with Crippen LogP contribution in [0.2, 0.25) is 0 Å². The molecule has 1 heterocycles. The molecule has 18 heavy (non-hydrogen) atoms. The van der Waals surface area contributed by atoms with Gasteiger partial charge < -0.3 is 5.32 Å². The van der Waals surface area contributed by atoms with Crippen LogP contribution in [0, 0.1) is 0 Å². The van der Waals surface area contributed by atoms with E-state index in [1.165, 1.54) is 84.0 Å². The third-order valence-corrected chi connectivity index (χ3v) is 4.24. The summed E-state index contributed by atoms with van der Waals surface area (Å²) in [7, 11) is 0. The SMILES string of the molecule is CCCCCCCCCN(CC)C1CCCNC1. The van der Waals surface area contributed by atoms with Crippen LogP contribution in [0.15, 0.2) is 0 Å². The fourth-order valence-corrected chi connectivity index (χ4v) is 3.02. The lowest BCUT2D eigenvalue weighted by Gasteiger charge is -2.33. The van der Waals surface area contributed by atoms with E-state index in [0.717, 1.165) is 6.04 Å². The lowest BCUT2D eigenvalue weighted by Crippen LogP contribution is -2.46. The third kappa shape index (κ3) is 6.75. The molecule has 1 rings (SSSR count). The van der Waals surface area contributed by atoms with Gasteiger partial charge in [-0.15, -0.1) is 0 Å². The van der Waals surface area contributed by atoms with E-state index in [-0.39, 0.29) is 0 Å². The van der Waals surface area contributed by atoms with Crippen LogP contribution in [0.1, 0.15) is 71.6 Å². The number of piperidine rings is 1. The van der Waals surface area contributed by atoms with E-state index in [1.54, 1.807) is 0 Å². The summed E-state index contributed by atoms with van der Waals surface area (Å²) in [5.74, 6) is 0. The first-order valence-corrected chi connectivity index (χ1v) is 8.33. The van der Waals surface area contributed by atoms with Gasteiger partial charge in [-0.2, -0.15) is 0 Å². The molecule has 1 N–H and O–H groups in total. The zero-order valence-electron chi connectivity index (χ0n) is 12.7. The summed E-state index contributed by atoms with van der Waals surface area (Å²) in [4.78, 5) is 2.69. The summed E-state index contributed by atoms with van der Waals surface area (Å²) >= 11 is 0. The van der Waals surface area contributed by atoms with Crippen molar-refractivity contribution < 1.29 is 0 Å². The minimum absolute atomic E-state index is 0.809. The van der Waals surface area contributed by atoms with E-state index in [2.05, 4.69) is 24.1 Å². The molecule has 1 unspecified atom stereocenters. The van der Waals surface area contributed by atoms with Crippen LogP contribution >= 0.6 is 0 Å². The molecule has 0 radical (unpaired) electrons. The Morgan fingerprint density at radius 3 is 2.33 bits per heavy atom. The smallest absolute Gasteiger partial charge is 0.0220 e. The van der Waals surface area contributed by atoms with Gasteiger partial charge in [0.15, 0.2) is 0 Å². The van der Waals surface area contributed by atoms with Gasteiger partial charge in [0.05, 0.1) is 0 Å².